The van der Waals surface area contributed by atoms with Crippen molar-refractivity contribution >= 4 is 41.5 Å². The summed E-state index contributed by atoms with van der Waals surface area (Å²) in [6, 6.07) is 19.1. The highest BCUT2D eigenvalue weighted by Gasteiger charge is 2.41. The van der Waals surface area contributed by atoms with Gasteiger partial charge in [0.05, 0.1) is 18.8 Å². The molecular weight excluding hydrogens is 541 g/mol. The van der Waals surface area contributed by atoms with E-state index in [-0.39, 0.29) is 42.5 Å². The lowest BCUT2D eigenvalue weighted by Gasteiger charge is -2.36. The Kier molecular flexibility index (Phi) is 8.44. The number of hydrogen-bond acceptors (Lipinski definition) is 4. The highest BCUT2D eigenvalue weighted by molar-refractivity contribution is 14.0. The third kappa shape index (κ3) is 5.39. The molecule has 2 aromatic rings. The molecule has 8 heteroatoms. The molecule has 2 fully saturated rings. The van der Waals surface area contributed by atoms with Gasteiger partial charge in [0.2, 0.25) is 5.91 Å². The van der Waals surface area contributed by atoms with Gasteiger partial charge in [-0.15, -0.1) is 24.0 Å². The van der Waals surface area contributed by atoms with Crippen molar-refractivity contribution in [3.8, 4) is 0 Å². The van der Waals surface area contributed by atoms with Gasteiger partial charge in [-0.2, -0.15) is 0 Å². The second-order valence-electron chi connectivity index (χ2n) is 8.93. The number of rotatable bonds is 5. The van der Waals surface area contributed by atoms with Gasteiger partial charge in [-0.3, -0.25) is 9.69 Å². The van der Waals surface area contributed by atoms with Crippen molar-refractivity contribution in [2.75, 3.05) is 50.8 Å². The van der Waals surface area contributed by atoms with Crippen LogP contribution in [0.25, 0.3) is 0 Å². The molecule has 3 aliphatic heterocycles. The molecule has 182 valence electrons. The number of nitrogens with one attached hydrogen (secondary N) is 1. The summed E-state index contributed by atoms with van der Waals surface area (Å²) in [7, 11) is 0. The maximum atomic E-state index is 13.0. The molecule has 0 radical (unpaired) electrons. The molecule has 1 amide bonds. The number of halogens is 1. The lowest BCUT2D eigenvalue weighted by molar-refractivity contribution is -0.117. The predicted octanol–water partition coefficient (Wildman–Crippen LogP) is 2.74. The number of carbonyl (C=O) groups excluding carboxylic acids is 1. The lowest BCUT2D eigenvalue weighted by atomic mass is 10.1. The second-order valence-corrected chi connectivity index (χ2v) is 8.93. The minimum atomic E-state index is 0. The van der Waals surface area contributed by atoms with Gasteiger partial charge in [-0.05, 0) is 30.5 Å². The van der Waals surface area contributed by atoms with Crippen LogP contribution in [0.5, 0.6) is 0 Å². The van der Waals surface area contributed by atoms with E-state index < -0.39 is 0 Å². The van der Waals surface area contributed by atoms with Crippen LogP contribution in [0.2, 0.25) is 0 Å². The summed E-state index contributed by atoms with van der Waals surface area (Å²) >= 11 is 0. The summed E-state index contributed by atoms with van der Waals surface area (Å²) in [6.07, 6.45) is 1.07. The lowest BCUT2D eigenvalue weighted by Crippen LogP contribution is -2.50. The molecule has 2 saturated heterocycles. The Morgan fingerprint density at radius 3 is 2.71 bits per heavy atom. The molecule has 0 spiro atoms. The molecule has 1 N–H and O–H groups in total. The normalized spacial score (nSPS) is 22.2. The Balaban J connectivity index is 0.00000274. The van der Waals surface area contributed by atoms with Crippen molar-refractivity contribution in [2.45, 2.75) is 32.0 Å². The number of anilines is 1. The van der Waals surface area contributed by atoms with Gasteiger partial charge in [-0.25, -0.2) is 4.99 Å². The number of morpholine rings is 1. The summed E-state index contributed by atoms with van der Waals surface area (Å²) < 4.78 is 6.13. The smallest absolute Gasteiger partial charge is 0.248 e. The number of aliphatic imine (C=N–C) groups is 1. The summed E-state index contributed by atoms with van der Waals surface area (Å²) in [6.45, 7) is 7.98. The fourth-order valence-electron chi connectivity index (χ4n) is 5.20. The molecule has 2 unspecified atom stereocenters. The zero-order chi connectivity index (χ0) is 22.6. The van der Waals surface area contributed by atoms with Crippen LogP contribution in [0.1, 0.15) is 18.1 Å². The number of ether oxygens (including phenoxy) is 1. The first-order valence-corrected chi connectivity index (χ1v) is 12.0. The van der Waals surface area contributed by atoms with Crippen molar-refractivity contribution in [3.05, 3.63) is 65.7 Å². The standard InChI is InChI=1S/C26H33N5O2.HI/c1-2-27-26(28-16-25(32)31-13-12-21-10-6-7-11-22(21)31)30-18-23-24(19-30)33-15-14-29(23)17-20-8-4-3-5-9-20;/h3-11,23-24H,2,12-19H2,1H3,(H,27,28);1H. The van der Waals surface area contributed by atoms with E-state index >= 15 is 0 Å². The first kappa shape index (κ1) is 24.9. The number of likely N-dealkylation sites (tertiary alicyclic amines) is 1. The van der Waals surface area contributed by atoms with Crippen molar-refractivity contribution < 1.29 is 9.53 Å². The summed E-state index contributed by atoms with van der Waals surface area (Å²) in [4.78, 5) is 24.4. The number of nitrogens with zero attached hydrogens (tertiary/aromatic N) is 4. The number of benzene rings is 2. The predicted molar refractivity (Wildman–Crippen MR) is 146 cm³/mol. The van der Waals surface area contributed by atoms with Crippen molar-refractivity contribution in [2.24, 2.45) is 4.99 Å². The average molecular weight is 575 g/mol. The Morgan fingerprint density at radius 2 is 1.88 bits per heavy atom. The van der Waals surface area contributed by atoms with Crippen LogP contribution in [0.15, 0.2) is 59.6 Å². The van der Waals surface area contributed by atoms with E-state index in [4.69, 9.17) is 9.73 Å². The van der Waals surface area contributed by atoms with Gasteiger partial charge in [-0.1, -0.05) is 48.5 Å². The van der Waals surface area contributed by atoms with E-state index in [1.807, 2.05) is 23.1 Å². The molecule has 2 atom stereocenters. The molecule has 0 bridgehead atoms. The number of guanidine groups is 1. The molecule has 2 aromatic carbocycles. The molecular formula is C26H34IN5O2. The van der Waals surface area contributed by atoms with Gasteiger partial charge in [0.25, 0.3) is 0 Å². The molecule has 5 rings (SSSR count). The maximum Gasteiger partial charge on any atom is 0.248 e. The largest absolute Gasteiger partial charge is 0.373 e. The van der Waals surface area contributed by atoms with Gasteiger partial charge in [0, 0.05) is 45.0 Å². The van der Waals surface area contributed by atoms with Gasteiger partial charge < -0.3 is 19.9 Å². The highest BCUT2D eigenvalue weighted by atomic mass is 127. The number of fused-ring (bicyclic) bond motifs is 2. The van der Waals surface area contributed by atoms with E-state index in [1.165, 1.54) is 11.1 Å². The quantitative estimate of drug-likeness (QED) is 0.338. The van der Waals surface area contributed by atoms with E-state index in [1.54, 1.807) is 0 Å². The molecule has 3 heterocycles. The second kappa shape index (κ2) is 11.5. The molecule has 34 heavy (non-hydrogen) atoms. The molecule has 0 aliphatic carbocycles. The Bertz CT molecular complexity index is 1000. The van der Waals surface area contributed by atoms with Crippen LogP contribution in [-0.4, -0.2) is 79.7 Å². The molecule has 0 saturated carbocycles. The van der Waals surface area contributed by atoms with Crippen LogP contribution in [-0.2, 0) is 22.5 Å². The zero-order valence-electron chi connectivity index (χ0n) is 19.7. The van der Waals surface area contributed by atoms with E-state index in [9.17, 15) is 4.79 Å². The first-order chi connectivity index (χ1) is 16.2. The Labute approximate surface area is 219 Å². The third-order valence-corrected chi connectivity index (χ3v) is 6.83. The van der Waals surface area contributed by atoms with Crippen molar-refractivity contribution in [1.82, 2.24) is 15.1 Å². The summed E-state index contributed by atoms with van der Waals surface area (Å²) in [5.41, 5.74) is 3.59. The van der Waals surface area contributed by atoms with E-state index in [2.05, 4.69) is 58.4 Å². The van der Waals surface area contributed by atoms with Crippen LogP contribution in [0.3, 0.4) is 0 Å². The number of para-hydroxylation sites is 1. The van der Waals surface area contributed by atoms with E-state index in [0.29, 0.717) is 6.04 Å². The van der Waals surface area contributed by atoms with Crippen molar-refractivity contribution in [3.63, 3.8) is 0 Å². The zero-order valence-corrected chi connectivity index (χ0v) is 22.1. The van der Waals surface area contributed by atoms with Crippen LogP contribution >= 0.6 is 24.0 Å². The summed E-state index contributed by atoms with van der Waals surface area (Å²) in [5.74, 6) is 0.852. The monoisotopic (exact) mass is 575 g/mol. The molecule has 0 aromatic heterocycles. The topological polar surface area (TPSA) is 60.4 Å². The third-order valence-electron chi connectivity index (χ3n) is 6.83. The molecule has 3 aliphatic rings. The first-order valence-electron chi connectivity index (χ1n) is 12.0. The average Bonchev–Trinajstić information content (AvgIpc) is 3.47. The minimum absolute atomic E-state index is 0. The molecule has 7 nitrogen and oxygen atoms in total. The van der Waals surface area contributed by atoms with Crippen LogP contribution in [0.4, 0.5) is 5.69 Å². The number of amides is 1. The van der Waals surface area contributed by atoms with Gasteiger partial charge >= 0.3 is 0 Å². The van der Waals surface area contributed by atoms with Gasteiger partial charge in [0.15, 0.2) is 5.96 Å². The summed E-state index contributed by atoms with van der Waals surface area (Å²) in [5, 5.41) is 3.39. The van der Waals surface area contributed by atoms with Crippen LogP contribution in [0, 0.1) is 0 Å². The highest BCUT2D eigenvalue weighted by Crippen LogP contribution is 2.28. The Morgan fingerprint density at radius 1 is 1.09 bits per heavy atom. The fourth-order valence-corrected chi connectivity index (χ4v) is 5.20. The van der Waals surface area contributed by atoms with Crippen molar-refractivity contribution in [1.29, 1.82) is 0 Å². The Hall–Kier alpha value is -2.17. The SMILES string of the molecule is CCNC(=NCC(=O)N1CCc2ccccc21)N1CC2OCCN(Cc3ccccc3)C2C1.I. The minimum Gasteiger partial charge on any atom is -0.373 e. The van der Waals surface area contributed by atoms with Crippen LogP contribution < -0.4 is 10.2 Å². The van der Waals surface area contributed by atoms with Gasteiger partial charge in [0.1, 0.15) is 6.54 Å². The maximum absolute atomic E-state index is 13.0. The number of carbonyl (C=O) groups is 1. The van der Waals surface area contributed by atoms with E-state index in [0.717, 1.165) is 63.9 Å². The fraction of sp³-hybridized carbons (Fsp3) is 0.462. The number of hydrogen-bond donors (Lipinski definition) is 1.